The average molecular weight is 866 g/mol. The van der Waals surface area contributed by atoms with Crippen LogP contribution in [-0.2, 0) is 42.9 Å². The Hall–Kier alpha value is -2.26. The van der Waals surface area contributed by atoms with Crippen molar-refractivity contribution in [2.75, 3.05) is 0 Å². The topological polar surface area (TPSA) is 135 Å². The first kappa shape index (κ1) is 44.8. The third-order valence-corrected chi connectivity index (χ3v) is 11.3. The number of nitrogens with zero attached hydrogens (tertiary/aromatic N) is 1. The van der Waals surface area contributed by atoms with Crippen molar-refractivity contribution in [2.24, 2.45) is 29.6 Å². The van der Waals surface area contributed by atoms with Crippen molar-refractivity contribution in [1.82, 2.24) is 4.90 Å². The van der Waals surface area contributed by atoms with Crippen LogP contribution >= 0.6 is 43.7 Å². The Morgan fingerprint density at radius 3 is 1.82 bits per heavy atom. The maximum absolute atomic E-state index is 13.2. The minimum atomic E-state index is -0.847. The van der Waals surface area contributed by atoms with Gasteiger partial charge in [0.2, 0.25) is 0 Å². The Morgan fingerprint density at radius 1 is 0.804 bits per heavy atom. The van der Waals surface area contributed by atoms with Crippen LogP contribution in [0.2, 0.25) is 0 Å². The van der Waals surface area contributed by atoms with Crippen molar-refractivity contribution in [3.63, 3.8) is 0 Å². The molecule has 0 radical (unpaired) electrons. The second kappa shape index (κ2) is 19.7. The lowest BCUT2D eigenvalue weighted by Crippen LogP contribution is -2.43. The second-order valence-corrected chi connectivity index (χ2v) is 20.3. The third kappa shape index (κ3) is 10.1. The fourth-order valence-corrected chi connectivity index (χ4v) is 9.03. The minimum absolute atomic E-state index is 0.133. The van der Waals surface area contributed by atoms with Gasteiger partial charge in [0.25, 0.3) is 18.5 Å². The molecule has 2 amide bonds. The van der Waals surface area contributed by atoms with E-state index in [0.717, 1.165) is 57.6 Å². The second-order valence-electron chi connectivity index (χ2n) is 16.0. The van der Waals surface area contributed by atoms with E-state index in [9.17, 15) is 24.0 Å². The number of ether oxygens (including phenoxy) is 5. The average Bonchev–Trinajstić information content (AvgIpc) is 3.97. The van der Waals surface area contributed by atoms with Gasteiger partial charge < -0.3 is 23.7 Å². The summed E-state index contributed by atoms with van der Waals surface area (Å²) in [5.41, 5.74) is 4.21. The summed E-state index contributed by atoms with van der Waals surface area (Å²) >= 11 is 0. The number of ketones is 1. The standard InChI is InChI=1S/C22H27NO6.C18H20O4.H5P3.H4P2/c1-12-9-17(28-20(12)25)27-11-16-15-10-13-7-5-6-8-14(13)18(15)23(19(16)24)21(26)29-22(2,3)4;1-10-6-17(22-18(10)20)21-9-15-13-7-11-4-2-3-5-12(11)14(13)8-16(15)19;1-3-2;1-2/h8-9,11,13,15,17-18H,5-7,10H2,1-4H3;5-6,9,11,13-14,17H,2-4,7-8H2,1H3;3H,1-2H2;1-2H2/b16-11+;15-9+;;/t13-,15+,17+,18+;11-,13-,14+,17+;;/m00../s1. The van der Waals surface area contributed by atoms with E-state index in [0.29, 0.717) is 46.8 Å². The number of hydrogen-bond acceptors (Lipinski definition) is 10. The molecule has 4 unspecified atom stereocenters. The van der Waals surface area contributed by atoms with Crippen molar-refractivity contribution in [2.45, 2.75) is 117 Å². The molecule has 1 saturated heterocycles. The SMILES string of the molecule is CC1=C[C@H](O/C=C2/C(=O)C[C@@H]3C4=CCCC[C@H]4C[C@H]23)OC1=O.CC1=C[C@H](O/C=C2/C(=O)N(C(=O)OC(C)(C)C)[C@@H]3C4=CCCC[C@H]4C[C@H]23)OC1=O.PP.PPP. The van der Waals surface area contributed by atoms with Gasteiger partial charge in [0.1, 0.15) is 5.60 Å². The van der Waals surface area contributed by atoms with Crippen LogP contribution in [0.25, 0.3) is 0 Å². The number of imide groups is 1. The van der Waals surface area contributed by atoms with E-state index in [1.165, 1.54) is 29.6 Å². The first-order valence-electron chi connectivity index (χ1n) is 19.2. The molecule has 56 heavy (non-hydrogen) atoms. The van der Waals surface area contributed by atoms with E-state index in [2.05, 4.69) is 47.9 Å². The zero-order valence-corrected chi connectivity index (χ0v) is 38.4. The highest BCUT2D eigenvalue weighted by Gasteiger charge is 2.56. The maximum atomic E-state index is 13.2. The summed E-state index contributed by atoms with van der Waals surface area (Å²) in [6, 6.07) is -0.319. The highest BCUT2D eigenvalue weighted by Crippen LogP contribution is 2.54. The molecule has 4 fully saturated rings. The summed E-state index contributed by atoms with van der Waals surface area (Å²) in [5.74, 6) is 0.576. The largest absolute Gasteiger partial charge is 0.458 e. The number of carbonyl (C=O) groups is 5. The normalized spacial score (nSPS) is 32.4. The van der Waals surface area contributed by atoms with Crippen LogP contribution in [0.4, 0.5) is 4.79 Å². The van der Waals surface area contributed by atoms with Gasteiger partial charge in [-0.05, 0) is 115 Å². The summed E-state index contributed by atoms with van der Waals surface area (Å²) in [6.07, 6.45) is 17.8. The molecule has 306 valence electrons. The molecule has 0 spiro atoms. The van der Waals surface area contributed by atoms with Crippen LogP contribution in [0.15, 0.2) is 70.3 Å². The van der Waals surface area contributed by atoms with Crippen LogP contribution in [0.3, 0.4) is 0 Å². The third-order valence-electron chi connectivity index (χ3n) is 11.3. The highest BCUT2D eigenvalue weighted by molar-refractivity contribution is 8.33. The molecule has 0 N–H and O–H groups in total. The van der Waals surface area contributed by atoms with E-state index in [-0.39, 0.29) is 23.7 Å². The summed E-state index contributed by atoms with van der Waals surface area (Å²) in [7, 11) is 10.7. The summed E-state index contributed by atoms with van der Waals surface area (Å²) in [4.78, 5) is 62.5. The number of fused-ring (bicyclic) bond motifs is 6. The predicted molar refractivity (Wildman–Crippen MR) is 230 cm³/mol. The zero-order chi connectivity index (χ0) is 40.9. The van der Waals surface area contributed by atoms with Crippen molar-refractivity contribution >= 4 is 73.4 Å². The van der Waals surface area contributed by atoms with Gasteiger partial charge in [-0.3, -0.25) is 9.59 Å². The van der Waals surface area contributed by atoms with E-state index in [1.807, 2.05) is 0 Å². The number of allylic oxidation sites excluding steroid dienone is 4. The van der Waals surface area contributed by atoms with Crippen molar-refractivity contribution in [3.8, 4) is 0 Å². The van der Waals surface area contributed by atoms with Crippen molar-refractivity contribution in [1.29, 1.82) is 0 Å². The van der Waals surface area contributed by atoms with Crippen LogP contribution in [-0.4, -0.2) is 58.8 Å². The van der Waals surface area contributed by atoms with E-state index >= 15 is 0 Å². The zero-order valence-electron chi connectivity index (χ0n) is 32.8. The van der Waals surface area contributed by atoms with Gasteiger partial charge in [0.15, 0.2) is 5.78 Å². The molecule has 0 aromatic carbocycles. The lowest BCUT2D eigenvalue weighted by molar-refractivity contribution is -0.153. The molecule has 0 aromatic heterocycles. The molecule has 16 heteroatoms. The van der Waals surface area contributed by atoms with Gasteiger partial charge in [0.05, 0.1) is 24.1 Å². The molecule has 8 aliphatic rings. The number of Topliss-reactive ketones (excluding diaryl/α,β-unsaturated/α-hetero) is 1. The molecule has 12 atom stereocenters. The number of rotatable bonds is 4. The number of hydrogen-bond donors (Lipinski definition) is 0. The maximum Gasteiger partial charge on any atom is 0.417 e. The van der Waals surface area contributed by atoms with Crippen LogP contribution in [0.5, 0.6) is 0 Å². The lowest BCUT2D eigenvalue weighted by atomic mass is 9.86. The quantitative estimate of drug-likeness (QED) is 0.0676. The molecule has 0 bridgehead atoms. The molecule has 3 saturated carbocycles. The van der Waals surface area contributed by atoms with Crippen molar-refractivity contribution in [3.05, 3.63) is 70.3 Å². The highest BCUT2D eigenvalue weighted by atomic mass is 32.4. The fourth-order valence-electron chi connectivity index (χ4n) is 9.03. The van der Waals surface area contributed by atoms with Gasteiger partial charge in [-0.25, -0.2) is 19.3 Å². The summed E-state index contributed by atoms with van der Waals surface area (Å²) < 4.78 is 26.8. The van der Waals surface area contributed by atoms with E-state index in [4.69, 9.17) is 23.7 Å². The smallest absolute Gasteiger partial charge is 0.417 e. The molecule has 5 aliphatic carbocycles. The van der Waals surface area contributed by atoms with Gasteiger partial charge in [-0.15, -0.1) is 35.7 Å². The van der Waals surface area contributed by atoms with Crippen LogP contribution in [0, 0.1) is 29.6 Å². The Labute approximate surface area is 341 Å². The molecule has 11 nitrogen and oxygen atoms in total. The Morgan fingerprint density at radius 2 is 1.30 bits per heavy atom. The van der Waals surface area contributed by atoms with Gasteiger partial charge in [0, 0.05) is 41.2 Å². The minimum Gasteiger partial charge on any atom is -0.458 e. The van der Waals surface area contributed by atoms with Gasteiger partial charge in [-0.1, -0.05) is 25.7 Å². The van der Waals surface area contributed by atoms with Crippen LogP contribution < -0.4 is 0 Å². The van der Waals surface area contributed by atoms with E-state index < -0.39 is 36.2 Å². The Kier molecular flexibility index (Phi) is 15.7. The van der Waals surface area contributed by atoms with Gasteiger partial charge >= 0.3 is 18.0 Å². The first-order valence-corrected chi connectivity index (χ1v) is 26.5. The number of carbonyl (C=O) groups excluding carboxylic acids is 5. The van der Waals surface area contributed by atoms with Gasteiger partial charge in [-0.2, -0.15) is 0 Å². The van der Waals surface area contributed by atoms with Crippen LogP contribution in [0.1, 0.15) is 92.4 Å². The number of cyclic esters (lactones) is 2. The molecular weight excluding hydrogens is 809 g/mol. The number of esters is 2. The molecule has 3 heterocycles. The van der Waals surface area contributed by atoms with Crippen molar-refractivity contribution < 1.29 is 47.7 Å². The molecule has 0 aromatic rings. The lowest BCUT2D eigenvalue weighted by Gasteiger charge is -2.29. The first-order chi connectivity index (χ1) is 26.7. The monoisotopic (exact) mass is 865 g/mol. The predicted octanol–water partition coefficient (Wildman–Crippen LogP) is 8.56. The molecule has 8 rings (SSSR count). The Balaban J connectivity index is 0.000000198. The van der Waals surface area contributed by atoms with E-state index in [1.54, 1.807) is 53.0 Å². The fraction of sp³-hybridized carbons (Fsp3) is 0.575. The number of likely N-dealkylation sites (tertiary alicyclic amines) is 1. The summed E-state index contributed by atoms with van der Waals surface area (Å²) in [6.45, 7) is 8.69. The number of amides is 2. The molecule has 3 aliphatic heterocycles. The summed E-state index contributed by atoms with van der Waals surface area (Å²) in [5, 5.41) is 0. The Bertz CT molecular complexity index is 1760. The molecular formula is C40H56NO10P5.